The van der Waals surface area contributed by atoms with Crippen LogP contribution >= 0.6 is 11.8 Å². The van der Waals surface area contributed by atoms with Gasteiger partial charge < -0.3 is 4.74 Å². The molecule has 0 fully saturated rings. The van der Waals surface area contributed by atoms with Gasteiger partial charge in [0.25, 0.3) is 0 Å². The highest BCUT2D eigenvalue weighted by Crippen LogP contribution is 2.31. The van der Waals surface area contributed by atoms with Gasteiger partial charge in [0, 0.05) is 24.1 Å². The second kappa shape index (κ2) is 5.08. The highest BCUT2D eigenvalue weighted by molar-refractivity contribution is 7.98. The molecule has 0 N–H and O–H groups in total. The van der Waals surface area contributed by atoms with Crippen molar-refractivity contribution in [3.05, 3.63) is 24.0 Å². The Hall–Kier alpha value is -1.77. The number of nitrogens with zero attached hydrogens (tertiary/aromatic N) is 4. The molecule has 0 radical (unpaired) electrons. The second-order valence-corrected chi connectivity index (χ2v) is 4.40. The van der Waals surface area contributed by atoms with Crippen molar-refractivity contribution in [2.45, 2.75) is 11.1 Å². The summed E-state index contributed by atoms with van der Waals surface area (Å²) in [5.74, 6) is 0.0588. The number of alkyl halides is 3. The normalized spacial score (nSPS) is 11.6. The Labute approximate surface area is 110 Å². The van der Waals surface area contributed by atoms with Crippen molar-refractivity contribution in [3.63, 3.8) is 0 Å². The van der Waals surface area contributed by atoms with Gasteiger partial charge in [-0.1, -0.05) is 0 Å². The summed E-state index contributed by atoms with van der Waals surface area (Å²) in [6.45, 7) is 0. The van der Waals surface area contributed by atoms with Crippen molar-refractivity contribution in [3.8, 4) is 11.8 Å². The minimum Gasteiger partial charge on any atom is -0.419 e. The van der Waals surface area contributed by atoms with Crippen LogP contribution in [0.3, 0.4) is 0 Å². The zero-order valence-electron chi connectivity index (χ0n) is 9.97. The average molecular weight is 290 g/mol. The van der Waals surface area contributed by atoms with E-state index in [2.05, 4.69) is 15.3 Å². The van der Waals surface area contributed by atoms with E-state index in [1.54, 1.807) is 6.07 Å². The monoisotopic (exact) mass is 290 g/mol. The topological polar surface area (TPSA) is 52.8 Å². The summed E-state index contributed by atoms with van der Waals surface area (Å²) in [4.78, 5) is 0.795. The van der Waals surface area contributed by atoms with Gasteiger partial charge in [-0.25, -0.2) is 4.68 Å². The molecule has 2 aromatic heterocycles. The molecule has 9 heteroatoms. The summed E-state index contributed by atoms with van der Waals surface area (Å²) >= 11 is 1.42. The zero-order chi connectivity index (χ0) is 14.0. The van der Waals surface area contributed by atoms with Gasteiger partial charge in [-0.3, -0.25) is 0 Å². The summed E-state index contributed by atoms with van der Waals surface area (Å²) in [6.07, 6.45) is -1.14. The molecule has 102 valence electrons. The van der Waals surface area contributed by atoms with E-state index in [9.17, 15) is 13.2 Å². The fourth-order valence-corrected chi connectivity index (χ4v) is 1.65. The number of ether oxygens (including phenoxy) is 1. The fraction of sp³-hybridized carbons (Fsp3) is 0.300. The number of aromatic nitrogens is 4. The Bertz CT molecular complexity index is 584. The van der Waals surface area contributed by atoms with Crippen LogP contribution < -0.4 is 4.74 Å². The van der Waals surface area contributed by atoms with E-state index in [-0.39, 0.29) is 11.8 Å². The van der Waals surface area contributed by atoms with Crippen LogP contribution in [0, 0.1) is 0 Å². The average Bonchev–Trinajstić information content (AvgIpc) is 2.71. The molecular formula is C10H9F3N4OS. The lowest BCUT2D eigenvalue weighted by Gasteiger charge is -2.03. The molecule has 0 aliphatic rings. The van der Waals surface area contributed by atoms with Crippen LogP contribution in [0.15, 0.2) is 23.2 Å². The smallest absolute Gasteiger partial charge is 0.419 e. The molecule has 19 heavy (non-hydrogen) atoms. The Morgan fingerprint density at radius 3 is 2.63 bits per heavy atom. The number of aryl methyl sites for hydroxylation is 1. The molecule has 2 aromatic rings. The third-order valence-electron chi connectivity index (χ3n) is 2.18. The molecule has 0 unspecified atom stereocenters. The maximum Gasteiger partial charge on any atom is 0.435 e. The molecule has 5 nitrogen and oxygen atoms in total. The minimum atomic E-state index is -4.51. The first-order chi connectivity index (χ1) is 8.90. The molecule has 0 atom stereocenters. The predicted molar refractivity (Wildman–Crippen MR) is 62.1 cm³/mol. The van der Waals surface area contributed by atoms with Gasteiger partial charge in [-0.05, 0) is 6.26 Å². The molecule has 2 rings (SSSR count). The number of hydrogen-bond acceptors (Lipinski definition) is 5. The third kappa shape index (κ3) is 3.16. The van der Waals surface area contributed by atoms with Crippen LogP contribution in [-0.4, -0.2) is 26.2 Å². The molecule has 2 heterocycles. The molecule has 0 amide bonds. The van der Waals surface area contributed by atoms with Crippen LogP contribution in [0.1, 0.15) is 5.69 Å². The summed E-state index contributed by atoms with van der Waals surface area (Å²) in [5.41, 5.74) is -1.01. The molecule has 0 saturated carbocycles. The van der Waals surface area contributed by atoms with Crippen molar-refractivity contribution in [1.82, 2.24) is 20.0 Å². The second-order valence-electron chi connectivity index (χ2n) is 3.52. The maximum absolute atomic E-state index is 12.5. The van der Waals surface area contributed by atoms with E-state index >= 15 is 0 Å². The van der Waals surface area contributed by atoms with E-state index in [0.29, 0.717) is 0 Å². The first kappa shape index (κ1) is 13.7. The van der Waals surface area contributed by atoms with Crippen LogP contribution in [0.25, 0.3) is 0 Å². The molecule has 0 bridgehead atoms. The van der Waals surface area contributed by atoms with Crippen molar-refractivity contribution in [2.24, 2.45) is 7.05 Å². The number of thioether (sulfide) groups is 1. The van der Waals surface area contributed by atoms with Crippen molar-refractivity contribution in [2.75, 3.05) is 6.26 Å². The van der Waals surface area contributed by atoms with Gasteiger partial charge in [-0.15, -0.1) is 16.9 Å². The van der Waals surface area contributed by atoms with Gasteiger partial charge in [0.05, 0.1) is 6.20 Å². The molecule has 0 aliphatic heterocycles. The van der Waals surface area contributed by atoms with Crippen LogP contribution in [-0.2, 0) is 13.2 Å². The van der Waals surface area contributed by atoms with Crippen molar-refractivity contribution < 1.29 is 17.9 Å². The summed E-state index contributed by atoms with van der Waals surface area (Å²) < 4.78 is 43.7. The van der Waals surface area contributed by atoms with Gasteiger partial charge in [0.15, 0.2) is 5.69 Å². The number of rotatable bonds is 3. The van der Waals surface area contributed by atoms with Gasteiger partial charge in [0.2, 0.25) is 11.8 Å². The van der Waals surface area contributed by atoms with E-state index in [1.807, 2.05) is 6.26 Å². The molecule has 0 aromatic carbocycles. The molecular weight excluding hydrogens is 281 g/mol. The Morgan fingerprint density at radius 2 is 2.05 bits per heavy atom. The van der Waals surface area contributed by atoms with E-state index in [0.717, 1.165) is 15.6 Å². The zero-order valence-corrected chi connectivity index (χ0v) is 10.8. The van der Waals surface area contributed by atoms with E-state index in [4.69, 9.17) is 4.74 Å². The van der Waals surface area contributed by atoms with Crippen LogP contribution in [0.4, 0.5) is 13.2 Å². The highest BCUT2D eigenvalue weighted by atomic mass is 32.2. The summed E-state index contributed by atoms with van der Waals surface area (Å²) in [5, 5.41) is 10.7. The Kier molecular flexibility index (Phi) is 3.65. The first-order valence-electron chi connectivity index (χ1n) is 5.06. The lowest BCUT2D eigenvalue weighted by molar-refractivity contribution is -0.141. The Balaban J connectivity index is 2.26. The van der Waals surface area contributed by atoms with Gasteiger partial charge in [0.1, 0.15) is 0 Å². The predicted octanol–water partition coefficient (Wildman–Crippen LogP) is 2.74. The maximum atomic E-state index is 12.5. The lowest BCUT2D eigenvalue weighted by atomic mass is 10.4. The summed E-state index contributed by atoms with van der Waals surface area (Å²) in [6, 6.07) is 2.39. The standard InChI is InChI=1S/C10H9F3N4OS/c1-17-9(4-7(16-17)10(11,12)13)18-8-3-6(19-2)5-14-15-8/h3-5H,1-2H3. The lowest BCUT2D eigenvalue weighted by Crippen LogP contribution is -2.06. The van der Waals surface area contributed by atoms with Crippen LogP contribution in [0.5, 0.6) is 11.8 Å². The van der Waals surface area contributed by atoms with E-state index in [1.165, 1.54) is 25.0 Å². The minimum absolute atomic E-state index is 0.0557. The van der Waals surface area contributed by atoms with Crippen molar-refractivity contribution in [1.29, 1.82) is 0 Å². The third-order valence-corrected chi connectivity index (χ3v) is 2.87. The highest BCUT2D eigenvalue weighted by Gasteiger charge is 2.35. The quantitative estimate of drug-likeness (QED) is 0.814. The molecule has 0 saturated heterocycles. The fourth-order valence-electron chi connectivity index (χ4n) is 1.28. The van der Waals surface area contributed by atoms with Crippen LogP contribution in [0.2, 0.25) is 0 Å². The first-order valence-corrected chi connectivity index (χ1v) is 6.28. The SMILES string of the molecule is CSc1cnnc(Oc2cc(C(F)(F)F)nn2C)c1. The van der Waals surface area contributed by atoms with Crippen molar-refractivity contribution >= 4 is 11.8 Å². The van der Waals surface area contributed by atoms with E-state index < -0.39 is 11.9 Å². The summed E-state index contributed by atoms with van der Waals surface area (Å²) in [7, 11) is 1.36. The van der Waals surface area contributed by atoms with Gasteiger partial charge >= 0.3 is 6.18 Å². The largest absolute Gasteiger partial charge is 0.435 e. The Morgan fingerprint density at radius 1 is 1.32 bits per heavy atom. The number of halogens is 3. The van der Waals surface area contributed by atoms with Gasteiger partial charge in [-0.2, -0.15) is 23.4 Å². The number of hydrogen-bond donors (Lipinski definition) is 0. The molecule has 0 spiro atoms. The molecule has 0 aliphatic carbocycles.